The second-order valence-corrected chi connectivity index (χ2v) is 6.26. The predicted octanol–water partition coefficient (Wildman–Crippen LogP) is 2.83. The Labute approximate surface area is 141 Å². The molecule has 0 heterocycles. The van der Waals surface area contributed by atoms with Gasteiger partial charge in [-0.15, -0.1) is 0 Å². The lowest BCUT2D eigenvalue weighted by molar-refractivity contribution is -0.155. The van der Waals surface area contributed by atoms with E-state index in [4.69, 9.17) is 9.47 Å². The average Bonchev–Trinajstić information content (AvgIpc) is 2.57. The number of carbonyl (C=O) groups is 2. The Bertz CT molecular complexity index is 561. The molecule has 3 atom stereocenters. The summed E-state index contributed by atoms with van der Waals surface area (Å²) in [6.07, 6.45) is 3.49. The minimum atomic E-state index is -0.878. The molecular formula is C18H24FNO4. The van der Waals surface area contributed by atoms with E-state index in [1.807, 2.05) is 0 Å². The van der Waals surface area contributed by atoms with Gasteiger partial charge in [-0.25, -0.2) is 9.18 Å². The molecule has 132 valence electrons. The monoisotopic (exact) mass is 337 g/mol. The van der Waals surface area contributed by atoms with E-state index in [0.717, 1.165) is 19.3 Å². The highest BCUT2D eigenvalue weighted by atomic mass is 19.1. The molecule has 0 unspecified atom stereocenters. The van der Waals surface area contributed by atoms with Crippen molar-refractivity contribution in [3.63, 3.8) is 0 Å². The van der Waals surface area contributed by atoms with E-state index in [-0.39, 0.29) is 24.4 Å². The number of carbonyl (C=O) groups excluding carboxylic acids is 2. The summed E-state index contributed by atoms with van der Waals surface area (Å²) >= 11 is 0. The maximum Gasteiger partial charge on any atom is 0.347 e. The zero-order valence-corrected chi connectivity index (χ0v) is 14.1. The molecule has 6 heteroatoms. The highest BCUT2D eigenvalue weighted by molar-refractivity contribution is 5.82. The van der Waals surface area contributed by atoms with Crippen molar-refractivity contribution in [1.82, 2.24) is 5.32 Å². The number of rotatable bonds is 6. The van der Waals surface area contributed by atoms with Crippen LogP contribution in [-0.4, -0.2) is 30.6 Å². The third-order valence-electron chi connectivity index (χ3n) is 4.26. The van der Waals surface area contributed by atoms with Crippen LogP contribution in [0.5, 0.6) is 5.75 Å². The third-order valence-corrected chi connectivity index (χ3v) is 4.26. The van der Waals surface area contributed by atoms with Gasteiger partial charge in [0.1, 0.15) is 11.6 Å². The van der Waals surface area contributed by atoms with Gasteiger partial charge in [0.15, 0.2) is 12.7 Å². The van der Waals surface area contributed by atoms with Gasteiger partial charge >= 0.3 is 5.97 Å². The zero-order chi connectivity index (χ0) is 17.5. The zero-order valence-electron chi connectivity index (χ0n) is 14.1. The average molecular weight is 337 g/mol. The molecule has 1 aromatic rings. The van der Waals surface area contributed by atoms with Crippen molar-refractivity contribution in [3.05, 3.63) is 30.1 Å². The van der Waals surface area contributed by atoms with Crippen molar-refractivity contribution in [2.45, 2.75) is 51.7 Å². The molecular weight excluding hydrogens is 313 g/mol. The lowest BCUT2D eigenvalue weighted by Gasteiger charge is -2.29. The molecule has 0 bridgehead atoms. The quantitative estimate of drug-likeness (QED) is 0.811. The van der Waals surface area contributed by atoms with E-state index in [2.05, 4.69) is 12.2 Å². The SMILES string of the molecule is C[C@@H]1CCCC[C@@H]1NC(=O)COC(=O)[C@@H](C)Oc1ccc(F)cc1. The first-order valence-electron chi connectivity index (χ1n) is 8.34. The van der Waals surface area contributed by atoms with Gasteiger partial charge in [0.25, 0.3) is 5.91 Å². The largest absolute Gasteiger partial charge is 0.479 e. The third kappa shape index (κ3) is 5.51. The fraction of sp³-hybridized carbons (Fsp3) is 0.556. The van der Waals surface area contributed by atoms with Crippen molar-refractivity contribution in [2.24, 2.45) is 5.92 Å². The van der Waals surface area contributed by atoms with E-state index in [9.17, 15) is 14.0 Å². The minimum absolute atomic E-state index is 0.151. The standard InChI is InChI=1S/C18H24FNO4/c1-12-5-3-4-6-16(12)20-17(21)11-23-18(22)13(2)24-15-9-7-14(19)8-10-15/h7-10,12-13,16H,3-6,11H2,1-2H3,(H,20,21)/t12-,13-,16+/m1/s1. The molecule has 1 saturated carbocycles. The van der Waals surface area contributed by atoms with E-state index in [1.165, 1.54) is 37.6 Å². The van der Waals surface area contributed by atoms with Crippen LogP contribution in [0.15, 0.2) is 24.3 Å². The highest BCUT2D eigenvalue weighted by Gasteiger charge is 2.24. The van der Waals surface area contributed by atoms with Crippen molar-refractivity contribution in [3.8, 4) is 5.75 Å². The van der Waals surface area contributed by atoms with Crippen LogP contribution in [0, 0.1) is 11.7 Å². The summed E-state index contributed by atoms with van der Waals surface area (Å²) in [5.74, 6) is -0.506. The molecule has 1 aliphatic rings. The molecule has 5 nitrogen and oxygen atoms in total. The number of hydrogen-bond acceptors (Lipinski definition) is 4. The maximum atomic E-state index is 12.8. The lowest BCUT2D eigenvalue weighted by Crippen LogP contribution is -2.43. The summed E-state index contributed by atoms with van der Waals surface area (Å²) < 4.78 is 23.2. The van der Waals surface area contributed by atoms with Gasteiger partial charge in [-0.3, -0.25) is 4.79 Å². The summed E-state index contributed by atoms with van der Waals surface area (Å²) in [6.45, 7) is 3.32. The van der Waals surface area contributed by atoms with Crippen LogP contribution in [0.4, 0.5) is 4.39 Å². The topological polar surface area (TPSA) is 64.6 Å². The van der Waals surface area contributed by atoms with E-state index >= 15 is 0 Å². The number of ether oxygens (including phenoxy) is 2. The summed E-state index contributed by atoms with van der Waals surface area (Å²) in [5.41, 5.74) is 0. The van der Waals surface area contributed by atoms with Crippen LogP contribution in [0.1, 0.15) is 39.5 Å². The van der Waals surface area contributed by atoms with E-state index < -0.39 is 12.1 Å². The van der Waals surface area contributed by atoms with Gasteiger partial charge in [-0.1, -0.05) is 19.8 Å². The van der Waals surface area contributed by atoms with E-state index in [0.29, 0.717) is 11.7 Å². The second kappa shape index (κ2) is 8.66. The fourth-order valence-corrected chi connectivity index (χ4v) is 2.80. The van der Waals surface area contributed by atoms with Crippen molar-refractivity contribution in [2.75, 3.05) is 6.61 Å². The Hall–Kier alpha value is -2.11. The molecule has 0 aliphatic heterocycles. The second-order valence-electron chi connectivity index (χ2n) is 6.26. The summed E-state index contributed by atoms with van der Waals surface area (Å²) in [6, 6.07) is 5.49. The molecule has 0 spiro atoms. The molecule has 2 rings (SSSR count). The van der Waals surface area contributed by atoms with Crippen LogP contribution in [0.3, 0.4) is 0 Å². The predicted molar refractivity (Wildman–Crippen MR) is 87.0 cm³/mol. The van der Waals surface area contributed by atoms with Crippen molar-refractivity contribution in [1.29, 1.82) is 0 Å². The molecule has 1 aliphatic carbocycles. The lowest BCUT2D eigenvalue weighted by atomic mass is 9.86. The first kappa shape index (κ1) is 18.2. The minimum Gasteiger partial charge on any atom is -0.479 e. The molecule has 1 amide bonds. The Morgan fingerprint density at radius 3 is 2.58 bits per heavy atom. The first-order chi connectivity index (χ1) is 11.5. The molecule has 0 aromatic heterocycles. The summed E-state index contributed by atoms with van der Waals surface area (Å²) in [7, 11) is 0. The van der Waals surface area contributed by atoms with Gasteiger partial charge in [-0.2, -0.15) is 0 Å². The smallest absolute Gasteiger partial charge is 0.347 e. The fourth-order valence-electron chi connectivity index (χ4n) is 2.80. The number of hydrogen-bond donors (Lipinski definition) is 1. The Kier molecular flexibility index (Phi) is 6.58. The van der Waals surface area contributed by atoms with Crippen LogP contribution in [0.2, 0.25) is 0 Å². The summed E-state index contributed by atoms with van der Waals surface area (Å²) in [5, 5.41) is 2.92. The van der Waals surface area contributed by atoms with Crippen molar-refractivity contribution >= 4 is 11.9 Å². The number of amides is 1. The van der Waals surface area contributed by atoms with Crippen LogP contribution in [0.25, 0.3) is 0 Å². The molecule has 1 N–H and O–H groups in total. The molecule has 24 heavy (non-hydrogen) atoms. The molecule has 1 fully saturated rings. The van der Waals surface area contributed by atoms with Gasteiger partial charge in [0.05, 0.1) is 0 Å². The number of halogens is 1. The number of nitrogens with one attached hydrogen (secondary N) is 1. The van der Waals surface area contributed by atoms with E-state index in [1.54, 1.807) is 0 Å². The Morgan fingerprint density at radius 2 is 1.92 bits per heavy atom. The maximum absolute atomic E-state index is 12.8. The number of benzene rings is 1. The van der Waals surface area contributed by atoms with Crippen molar-refractivity contribution < 1.29 is 23.5 Å². The van der Waals surface area contributed by atoms with Crippen LogP contribution < -0.4 is 10.1 Å². The van der Waals surface area contributed by atoms with Crippen LogP contribution in [-0.2, 0) is 14.3 Å². The van der Waals surface area contributed by atoms with Gasteiger partial charge < -0.3 is 14.8 Å². The molecule has 1 aromatic carbocycles. The highest BCUT2D eigenvalue weighted by Crippen LogP contribution is 2.23. The first-order valence-corrected chi connectivity index (χ1v) is 8.34. The summed E-state index contributed by atoms with van der Waals surface area (Å²) in [4.78, 5) is 23.8. The Balaban J connectivity index is 1.73. The van der Waals surface area contributed by atoms with Gasteiger partial charge in [0, 0.05) is 6.04 Å². The molecule has 0 saturated heterocycles. The molecule has 0 radical (unpaired) electrons. The normalized spacial score (nSPS) is 21.6. The number of esters is 1. The van der Waals surface area contributed by atoms with Gasteiger partial charge in [0.2, 0.25) is 0 Å². The van der Waals surface area contributed by atoms with Gasteiger partial charge in [-0.05, 0) is 49.9 Å². The Morgan fingerprint density at radius 1 is 1.25 bits per heavy atom. The van der Waals surface area contributed by atoms with Crippen LogP contribution >= 0.6 is 0 Å².